The average Bonchev–Trinajstić information content (AvgIpc) is 2.73. The summed E-state index contributed by atoms with van der Waals surface area (Å²) < 4.78 is 0. The number of fused-ring (bicyclic) bond motifs is 1. The SMILES string of the molecule is CNCC1CCCCCC1c1cccc2cccnc12. The van der Waals surface area contributed by atoms with E-state index in [1.807, 2.05) is 12.3 Å². The highest BCUT2D eigenvalue weighted by atomic mass is 14.8. The number of pyridine rings is 1. The van der Waals surface area contributed by atoms with E-state index in [2.05, 4.69) is 41.6 Å². The molecule has 2 heteroatoms. The first-order valence-electron chi connectivity index (χ1n) is 7.88. The zero-order valence-electron chi connectivity index (χ0n) is 12.3. The molecule has 3 rings (SSSR count). The van der Waals surface area contributed by atoms with Gasteiger partial charge in [0.1, 0.15) is 0 Å². The second-order valence-corrected chi connectivity index (χ2v) is 5.98. The lowest BCUT2D eigenvalue weighted by Crippen LogP contribution is -2.24. The van der Waals surface area contributed by atoms with Gasteiger partial charge in [-0.2, -0.15) is 0 Å². The summed E-state index contributed by atoms with van der Waals surface area (Å²) in [6.45, 7) is 1.12. The lowest BCUT2D eigenvalue weighted by Gasteiger charge is -2.26. The minimum atomic E-state index is 0.656. The average molecular weight is 268 g/mol. The largest absolute Gasteiger partial charge is 0.319 e. The van der Waals surface area contributed by atoms with Crippen molar-refractivity contribution in [1.29, 1.82) is 0 Å². The highest BCUT2D eigenvalue weighted by molar-refractivity contribution is 5.82. The van der Waals surface area contributed by atoms with E-state index in [4.69, 9.17) is 0 Å². The molecule has 0 radical (unpaired) electrons. The van der Waals surface area contributed by atoms with Gasteiger partial charge in [0.15, 0.2) is 0 Å². The summed E-state index contributed by atoms with van der Waals surface area (Å²) in [5.74, 6) is 1.40. The fourth-order valence-corrected chi connectivity index (χ4v) is 3.73. The van der Waals surface area contributed by atoms with Crippen molar-refractivity contribution in [1.82, 2.24) is 10.3 Å². The summed E-state index contributed by atoms with van der Waals surface area (Å²) in [5.41, 5.74) is 2.67. The number of hydrogen-bond acceptors (Lipinski definition) is 2. The van der Waals surface area contributed by atoms with Crippen molar-refractivity contribution in [2.75, 3.05) is 13.6 Å². The van der Waals surface area contributed by atoms with Crippen LogP contribution in [-0.2, 0) is 0 Å². The van der Waals surface area contributed by atoms with Gasteiger partial charge in [-0.25, -0.2) is 0 Å². The summed E-state index contributed by atoms with van der Waals surface area (Å²) in [5, 5.41) is 4.67. The van der Waals surface area contributed by atoms with Crippen LogP contribution in [0.4, 0.5) is 0 Å². The third-order valence-corrected chi connectivity index (χ3v) is 4.69. The summed E-state index contributed by atoms with van der Waals surface area (Å²) in [6.07, 6.45) is 8.69. The molecule has 1 aromatic carbocycles. The third-order valence-electron chi connectivity index (χ3n) is 4.69. The maximum atomic E-state index is 4.66. The summed E-state index contributed by atoms with van der Waals surface area (Å²) in [7, 11) is 2.07. The minimum absolute atomic E-state index is 0.656. The Balaban J connectivity index is 2.02. The Morgan fingerprint density at radius 1 is 1.10 bits per heavy atom. The van der Waals surface area contributed by atoms with E-state index in [0.29, 0.717) is 5.92 Å². The molecule has 1 aliphatic rings. The number of para-hydroxylation sites is 1. The van der Waals surface area contributed by atoms with Crippen LogP contribution in [0.5, 0.6) is 0 Å². The van der Waals surface area contributed by atoms with Gasteiger partial charge in [-0.3, -0.25) is 4.98 Å². The second kappa shape index (κ2) is 6.36. The summed E-state index contributed by atoms with van der Waals surface area (Å²) in [6, 6.07) is 10.9. The Morgan fingerprint density at radius 2 is 1.95 bits per heavy atom. The molecule has 1 aliphatic carbocycles. The Kier molecular flexibility index (Phi) is 4.31. The van der Waals surface area contributed by atoms with E-state index in [1.54, 1.807) is 0 Å². The Morgan fingerprint density at radius 3 is 2.85 bits per heavy atom. The van der Waals surface area contributed by atoms with Crippen LogP contribution in [0, 0.1) is 5.92 Å². The molecule has 0 saturated heterocycles. The van der Waals surface area contributed by atoms with E-state index in [-0.39, 0.29) is 0 Å². The molecule has 0 bridgehead atoms. The van der Waals surface area contributed by atoms with Crippen LogP contribution >= 0.6 is 0 Å². The lowest BCUT2D eigenvalue weighted by atomic mass is 9.81. The molecule has 0 spiro atoms. The fourth-order valence-electron chi connectivity index (χ4n) is 3.73. The molecule has 1 fully saturated rings. The number of benzene rings is 1. The molecule has 1 N–H and O–H groups in total. The van der Waals surface area contributed by atoms with Gasteiger partial charge in [0, 0.05) is 11.6 Å². The van der Waals surface area contributed by atoms with Crippen LogP contribution in [0.1, 0.15) is 43.6 Å². The number of nitrogens with zero attached hydrogens (tertiary/aromatic N) is 1. The smallest absolute Gasteiger partial charge is 0.0736 e. The number of nitrogens with one attached hydrogen (secondary N) is 1. The monoisotopic (exact) mass is 268 g/mol. The maximum Gasteiger partial charge on any atom is 0.0736 e. The van der Waals surface area contributed by atoms with Gasteiger partial charge in [0.2, 0.25) is 0 Å². The molecular formula is C18H24N2. The quantitative estimate of drug-likeness (QED) is 0.847. The van der Waals surface area contributed by atoms with Crippen molar-refractivity contribution in [2.45, 2.75) is 38.0 Å². The molecule has 2 atom stereocenters. The predicted octanol–water partition coefficient (Wildman–Crippen LogP) is 4.12. The zero-order chi connectivity index (χ0) is 13.8. The number of aromatic nitrogens is 1. The summed E-state index contributed by atoms with van der Waals surface area (Å²) in [4.78, 5) is 4.66. The molecule has 2 aromatic rings. The van der Waals surface area contributed by atoms with E-state index in [0.717, 1.165) is 12.5 Å². The third kappa shape index (κ3) is 2.71. The van der Waals surface area contributed by atoms with E-state index in [9.17, 15) is 0 Å². The maximum absolute atomic E-state index is 4.66. The normalized spacial score (nSPS) is 23.6. The predicted molar refractivity (Wildman–Crippen MR) is 85.0 cm³/mol. The van der Waals surface area contributed by atoms with Crippen LogP contribution in [0.2, 0.25) is 0 Å². The van der Waals surface area contributed by atoms with Gasteiger partial charge in [-0.1, -0.05) is 43.5 Å². The van der Waals surface area contributed by atoms with E-state index < -0.39 is 0 Å². The van der Waals surface area contributed by atoms with Crippen molar-refractivity contribution in [3.63, 3.8) is 0 Å². The fraction of sp³-hybridized carbons (Fsp3) is 0.500. The van der Waals surface area contributed by atoms with Crippen LogP contribution < -0.4 is 5.32 Å². The van der Waals surface area contributed by atoms with Gasteiger partial charge in [-0.15, -0.1) is 0 Å². The summed E-state index contributed by atoms with van der Waals surface area (Å²) >= 11 is 0. The highest BCUT2D eigenvalue weighted by Gasteiger charge is 2.26. The van der Waals surface area contributed by atoms with Gasteiger partial charge in [-0.05, 0) is 49.9 Å². The Hall–Kier alpha value is -1.41. The van der Waals surface area contributed by atoms with Crippen molar-refractivity contribution >= 4 is 10.9 Å². The van der Waals surface area contributed by atoms with Gasteiger partial charge < -0.3 is 5.32 Å². The van der Waals surface area contributed by atoms with Gasteiger partial charge in [0.05, 0.1) is 5.52 Å². The van der Waals surface area contributed by atoms with Gasteiger partial charge in [0.25, 0.3) is 0 Å². The molecule has 106 valence electrons. The topological polar surface area (TPSA) is 24.9 Å². The first kappa shape index (κ1) is 13.6. The van der Waals surface area contributed by atoms with E-state index in [1.165, 1.54) is 48.6 Å². The van der Waals surface area contributed by atoms with Crippen LogP contribution in [0.3, 0.4) is 0 Å². The molecule has 1 aromatic heterocycles. The standard InChI is InChI=1S/C18H24N2/c1-19-13-15-7-3-2-4-10-16(15)17-11-5-8-14-9-6-12-20-18(14)17/h5-6,8-9,11-12,15-16,19H,2-4,7,10,13H2,1H3. The molecule has 1 saturated carbocycles. The number of rotatable bonds is 3. The highest BCUT2D eigenvalue weighted by Crippen LogP contribution is 2.38. The Bertz CT molecular complexity index is 559. The molecule has 2 nitrogen and oxygen atoms in total. The molecule has 0 aliphatic heterocycles. The molecule has 2 unspecified atom stereocenters. The first-order valence-corrected chi connectivity index (χ1v) is 7.88. The van der Waals surface area contributed by atoms with Crippen molar-refractivity contribution < 1.29 is 0 Å². The van der Waals surface area contributed by atoms with Crippen LogP contribution in [0.15, 0.2) is 36.5 Å². The van der Waals surface area contributed by atoms with E-state index >= 15 is 0 Å². The molecular weight excluding hydrogens is 244 g/mol. The zero-order valence-corrected chi connectivity index (χ0v) is 12.3. The van der Waals surface area contributed by atoms with Crippen molar-refractivity contribution in [2.24, 2.45) is 5.92 Å². The van der Waals surface area contributed by atoms with Crippen LogP contribution in [0.25, 0.3) is 10.9 Å². The Labute approximate surface area is 121 Å². The van der Waals surface area contributed by atoms with Gasteiger partial charge >= 0.3 is 0 Å². The molecule has 0 amide bonds. The van der Waals surface area contributed by atoms with Crippen molar-refractivity contribution in [3.05, 3.63) is 42.1 Å². The first-order chi connectivity index (χ1) is 9.90. The second-order valence-electron chi connectivity index (χ2n) is 5.98. The molecule has 1 heterocycles. The van der Waals surface area contributed by atoms with Crippen LogP contribution in [-0.4, -0.2) is 18.6 Å². The van der Waals surface area contributed by atoms with Crippen molar-refractivity contribution in [3.8, 4) is 0 Å². The minimum Gasteiger partial charge on any atom is -0.319 e. The number of hydrogen-bond donors (Lipinski definition) is 1. The molecule has 20 heavy (non-hydrogen) atoms. The lowest BCUT2D eigenvalue weighted by molar-refractivity contribution is 0.387.